The molecule has 0 aromatic carbocycles. The Labute approximate surface area is 110 Å². The Hall–Kier alpha value is -1.50. The number of halogens is 1. The summed E-state index contributed by atoms with van der Waals surface area (Å²) in [6.07, 6.45) is -1.31. The van der Waals surface area contributed by atoms with Gasteiger partial charge in [0, 0.05) is 0 Å². The summed E-state index contributed by atoms with van der Waals surface area (Å²) in [6, 6.07) is -1.57. The van der Waals surface area contributed by atoms with Gasteiger partial charge in [0.1, 0.15) is 11.6 Å². The van der Waals surface area contributed by atoms with Crippen LogP contribution in [-0.4, -0.2) is 35.7 Å². The van der Waals surface area contributed by atoms with E-state index in [2.05, 4.69) is 10.1 Å². The summed E-state index contributed by atoms with van der Waals surface area (Å²) in [5.74, 6) is -1.52. The van der Waals surface area contributed by atoms with Crippen molar-refractivity contribution in [3.63, 3.8) is 0 Å². The molecule has 0 saturated heterocycles. The Bertz CT molecular complexity index is 327. The molecule has 0 unspecified atom stereocenters. The van der Waals surface area contributed by atoms with Crippen LogP contribution >= 0.6 is 11.6 Å². The minimum atomic E-state index is -1.20. The molecule has 0 aromatic heterocycles. The molecule has 18 heavy (non-hydrogen) atoms. The molecule has 2 amide bonds. The number of nitrogens with two attached hydrogens (primary N) is 1. The number of esters is 1. The molecule has 0 rings (SSSR count). The number of primary amides is 1. The SMILES string of the molecule is CC(C)(C)OC(=O)[C@H](CC(N)=O)NC(=O)OCCl. The molecule has 0 fully saturated rings. The zero-order valence-corrected chi connectivity index (χ0v) is 11.2. The number of alkyl carbamates (subject to hydrolysis) is 1. The highest BCUT2D eigenvalue weighted by molar-refractivity contribution is 6.17. The summed E-state index contributed by atoms with van der Waals surface area (Å²) in [7, 11) is 0. The second-order valence-electron chi connectivity index (χ2n) is 4.44. The molecule has 8 heteroatoms. The lowest BCUT2D eigenvalue weighted by Crippen LogP contribution is -2.46. The van der Waals surface area contributed by atoms with E-state index in [1.165, 1.54) is 0 Å². The van der Waals surface area contributed by atoms with Crippen LogP contribution in [0.15, 0.2) is 0 Å². The van der Waals surface area contributed by atoms with E-state index in [-0.39, 0.29) is 12.5 Å². The third-order valence-corrected chi connectivity index (χ3v) is 1.68. The molecule has 0 aliphatic carbocycles. The standard InChI is InChI=1S/C10H17ClN2O5/c1-10(2,3)18-8(15)6(4-7(12)14)13-9(16)17-5-11/h6H,4-5H2,1-3H3,(H2,12,14)(H,13,16)/t6-/m0/s1. The topological polar surface area (TPSA) is 108 Å². The number of ether oxygens (including phenoxy) is 2. The van der Waals surface area contributed by atoms with Gasteiger partial charge in [-0.05, 0) is 20.8 Å². The summed E-state index contributed by atoms with van der Waals surface area (Å²) in [6.45, 7) is 4.97. The maximum absolute atomic E-state index is 11.7. The van der Waals surface area contributed by atoms with Crippen LogP contribution in [0, 0.1) is 0 Å². The highest BCUT2D eigenvalue weighted by atomic mass is 35.5. The number of alkyl halides is 1. The number of hydrogen-bond donors (Lipinski definition) is 2. The van der Waals surface area contributed by atoms with Crippen LogP contribution in [0.1, 0.15) is 27.2 Å². The number of nitrogens with one attached hydrogen (secondary N) is 1. The number of amides is 2. The summed E-state index contributed by atoms with van der Waals surface area (Å²) in [5, 5.41) is 2.15. The van der Waals surface area contributed by atoms with E-state index in [0.717, 1.165) is 0 Å². The fourth-order valence-electron chi connectivity index (χ4n) is 1.00. The number of hydrogen-bond acceptors (Lipinski definition) is 5. The smallest absolute Gasteiger partial charge is 0.409 e. The maximum atomic E-state index is 11.7. The third kappa shape index (κ3) is 7.72. The molecule has 0 aliphatic heterocycles. The van der Waals surface area contributed by atoms with Crippen molar-refractivity contribution in [1.82, 2.24) is 5.32 Å². The summed E-state index contributed by atoms with van der Waals surface area (Å²) in [5.41, 5.74) is 4.23. The predicted molar refractivity (Wildman–Crippen MR) is 63.8 cm³/mol. The maximum Gasteiger partial charge on any atom is 0.409 e. The van der Waals surface area contributed by atoms with Crippen LogP contribution in [0.4, 0.5) is 4.79 Å². The van der Waals surface area contributed by atoms with Gasteiger partial charge < -0.3 is 20.5 Å². The second kappa shape index (κ2) is 7.05. The molecule has 7 nitrogen and oxygen atoms in total. The summed E-state index contributed by atoms with van der Waals surface area (Å²) >= 11 is 5.18. The van der Waals surface area contributed by atoms with E-state index >= 15 is 0 Å². The van der Waals surface area contributed by atoms with Crippen molar-refractivity contribution in [3.8, 4) is 0 Å². The van der Waals surface area contributed by atoms with Crippen LogP contribution < -0.4 is 11.1 Å². The lowest BCUT2D eigenvalue weighted by molar-refractivity contribution is -0.158. The molecule has 104 valence electrons. The van der Waals surface area contributed by atoms with Crippen LogP contribution in [-0.2, 0) is 19.1 Å². The van der Waals surface area contributed by atoms with Crippen molar-refractivity contribution in [2.24, 2.45) is 5.73 Å². The summed E-state index contributed by atoms with van der Waals surface area (Å²) < 4.78 is 9.42. The van der Waals surface area contributed by atoms with Gasteiger partial charge in [-0.1, -0.05) is 11.6 Å². The Morgan fingerprint density at radius 2 is 1.89 bits per heavy atom. The van der Waals surface area contributed by atoms with Crippen molar-refractivity contribution in [1.29, 1.82) is 0 Å². The van der Waals surface area contributed by atoms with Crippen molar-refractivity contribution in [2.45, 2.75) is 38.8 Å². The average molecular weight is 281 g/mol. The van der Waals surface area contributed by atoms with Gasteiger partial charge in [-0.3, -0.25) is 4.79 Å². The minimum Gasteiger partial charge on any atom is -0.458 e. The van der Waals surface area contributed by atoms with Crippen LogP contribution in [0.5, 0.6) is 0 Å². The lowest BCUT2D eigenvalue weighted by Gasteiger charge is -2.23. The molecule has 0 radical (unpaired) electrons. The molecule has 0 aromatic rings. The van der Waals surface area contributed by atoms with Gasteiger partial charge in [0.15, 0.2) is 6.07 Å². The van der Waals surface area contributed by atoms with Crippen molar-refractivity contribution >= 4 is 29.6 Å². The van der Waals surface area contributed by atoms with E-state index < -0.39 is 29.6 Å². The third-order valence-electron chi connectivity index (χ3n) is 1.57. The van der Waals surface area contributed by atoms with E-state index in [1.54, 1.807) is 20.8 Å². The Morgan fingerprint density at radius 3 is 2.28 bits per heavy atom. The molecular weight excluding hydrogens is 264 g/mol. The lowest BCUT2D eigenvalue weighted by atomic mass is 10.1. The number of carbonyl (C=O) groups excluding carboxylic acids is 3. The van der Waals surface area contributed by atoms with E-state index in [4.69, 9.17) is 22.1 Å². The van der Waals surface area contributed by atoms with Crippen molar-refractivity contribution < 1.29 is 23.9 Å². The number of carbonyl (C=O) groups is 3. The van der Waals surface area contributed by atoms with E-state index in [1.807, 2.05) is 0 Å². The Kier molecular flexibility index (Phi) is 6.46. The molecule has 1 atom stereocenters. The van der Waals surface area contributed by atoms with Crippen molar-refractivity contribution in [3.05, 3.63) is 0 Å². The van der Waals surface area contributed by atoms with Crippen LogP contribution in [0.3, 0.4) is 0 Å². The Balaban J connectivity index is 4.62. The van der Waals surface area contributed by atoms with Gasteiger partial charge in [0.05, 0.1) is 6.42 Å². The molecule has 0 saturated carbocycles. The zero-order valence-electron chi connectivity index (χ0n) is 10.5. The first-order valence-corrected chi connectivity index (χ1v) is 5.69. The quantitative estimate of drug-likeness (QED) is 0.563. The molecular formula is C10H17ClN2O5. The first-order chi connectivity index (χ1) is 8.15. The highest BCUT2D eigenvalue weighted by Crippen LogP contribution is 2.09. The van der Waals surface area contributed by atoms with Gasteiger partial charge in [-0.2, -0.15) is 0 Å². The number of rotatable bonds is 5. The molecule has 0 heterocycles. The normalized spacial score (nSPS) is 12.4. The molecule has 0 bridgehead atoms. The monoisotopic (exact) mass is 280 g/mol. The Morgan fingerprint density at radius 1 is 1.33 bits per heavy atom. The molecule has 3 N–H and O–H groups in total. The molecule has 0 spiro atoms. The van der Waals surface area contributed by atoms with E-state index in [0.29, 0.717) is 0 Å². The summed E-state index contributed by atoms with van der Waals surface area (Å²) in [4.78, 5) is 33.6. The fraction of sp³-hybridized carbons (Fsp3) is 0.700. The molecule has 0 aliphatic rings. The highest BCUT2D eigenvalue weighted by Gasteiger charge is 2.28. The van der Waals surface area contributed by atoms with E-state index in [9.17, 15) is 14.4 Å². The van der Waals surface area contributed by atoms with Gasteiger partial charge >= 0.3 is 12.1 Å². The largest absolute Gasteiger partial charge is 0.458 e. The van der Waals surface area contributed by atoms with Crippen LogP contribution in [0.25, 0.3) is 0 Å². The van der Waals surface area contributed by atoms with Crippen LogP contribution in [0.2, 0.25) is 0 Å². The average Bonchev–Trinajstić information content (AvgIpc) is 2.13. The second-order valence-corrected chi connectivity index (χ2v) is 4.66. The predicted octanol–water partition coefficient (Wildman–Crippen LogP) is 0.495. The zero-order chi connectivity index (χ0) is 14.3. The van der Waals surface area contributed by atoms with Gasteiger partial charge in [0.2, 0.25) is 5.91 Å². The minimum absolute atomic E-state index is 0.372. The first-order valence-electron chi connectivity index (χ1n) is 5.16. The van der Waals surface area contributed by atoms with Gasteiger partial charge in [-0.25, -0.2) is 9.59 Å². The van der Waals surface area contributed by atoms with Crippen molar-refractivity contribution in [2.75, 3.05) is 6.07 Å². The van der Waals surface area contributed by atoms with Gasteiger partial charge in [-0.15, -0.1) is 0 Å². The first kappa shape index (κ1) is 16.5. The fourth-order valence-corrected chi connectivity index (χ4v) is 1.10. The van der Waals surface area contributed by atoms with Gasteiger partial charge in [0.25, 0.3) is 0 Å².